The van der Waals surface area contributed by atoms with E-state index in [-0.39, 0.29) is 17.2 Å². The van der Waals surface area contributed by atoms with Crippen LogP contribution in [0.1, 0.15) is 17.4 Å². The van der Waals surface area contributed by atoms with Gasteiger partial charge in [-0.15, -0.1) is 0 Å². The number of furan rings is 1. The topological polar surface area (TPSA) is 117 Å². The van der Waals surface area contributed by atoms with Crippen LogP contribution in [0.15, 0.2) is 70.0 Å². The third-order valence-electron chi connectivity index (χ3n) is 4.28. The molecule has 0 spiro atoms. The summed E-state index contributed by atoms with van der Waals surface area (Å²) in [6.07, 6.45) is 0. The molecule has 0 amide bonds. The molecule has 4 aromatic rings. The molecule has 0 aliphatic rings. The number of ether oxygens (including phenoxy) is 1. The van der Waals surface area contributed by atoms with Crippen LogP contribution in [-0.4, -0.2) is 30.8 Å². The van der Waals surface area contributed by atoms with Gasteiger partial charge >= 0.3 is 5.97 Å². The van der Waals surface area contributed by atoms with Crippen LogP contribution in [0, 0.1) is 0 Å². The highest BCUT2D eigenvalue weighted by molar-refractivity contribution is 7.89. The van der Waals surface area contributed by atoms with E-state index in [1.165, 1.54) is 16.8 Å². The summed E-state index contributed by atoms with van der Waals surface area (Å²) in [5, 5.41) is 10.4. The number of carbonyl (C=O) groups is 1. The maximum absolute atomic E-state index is 12.2. The molecule has 0 radical (unpaired) electrons. The zero-order valence-corrected chi connectivity index (χ0v) is 16.2. The van der Waals surface area contributed by atoms with Crippen LogP contribution in [0.5, 0.6) is 0 Å². The third kappa shape index (κ3) is 3.65. The van der Waals surface area contributed by atoms with Gasteiger partial charge in [0.1, 0.15) is 11.3 Å². The zero-order chi connectivity index (χ0) is 20.6. The molecule has 9 heteroatoms. The van der Waals surface area contributed by atoms with Crippen LogP contribution in [0.4, 0.5) is 0 Å². The maximum atomic E-state index is 12.2. The molecule has 0 aliphatic carbocycles. The highest BCUT2D eigenvalue weighted by Crippen LogP contribution is 2.30. The molecule has 0 saturated heterocycles. The van der Waals surface area contributed by atoms with Gasteiger partial charge in [0.15, 0.2) is 11.5 Å². The molecule has 2 aromatic heterocycles. The summed E-state index contributed by atoms with van der Waals surface area (Å²) in [4.78, 5) is 12.2. The number of rotatable bonds is 5. The highest BCUT2D eigenvalue weighted by atomic mass is 32.2. The van der Waals surface area contributed by atoms with E-state index < -0.39 is 16.0 Å². The van der Waals surface area contributed by atoms with Gasteiger partial charge in [-0.25, -0.2) is 23.0 Å². The molecular weight excluding hydrogens is 394 g/mol. The SMILES string of the molecule is CCOC(=O)c1cc(-c2cc3ccccc3o2)n(-c2ccc(S(N)(=O)=O)cc2)n1. The van der Waals surface area contributed by atoms with Gasteiger partial charge in [-0.1, -0.05) is 18.2 Å². The van der Waals surface area contributed by atoms with Gasteiger partial charge in [0, 0.05) is 11.5 Å². The van der Waals surface area contributed by atoms with Crippen molar-refractivity contribution in [1.82, 2.24) is 9.78 Å². The van der Waals surface area contributed by atoms with Crippen molar-refractivity contribution in [3.63, 3.8) is 0 Å². The monoisotopic (exact) mass is 411 g/mol. The second-order valence-corrected chi connectivity index (χ2v) is 7.80. The predicted molar refractivity (Wildman–Crippen MR) is 106 cm³/mol. The number of sulfonamides is 1. The number of hydrogen-bond acceptors (Lipinski definition) is 6. The van der Waals surface area contributed by atoms with Gasteiger partial charge < -0.3 is 9.15 Å². The minimum absolute atomic E-state index is 0.0238. The Labute approximate surface area is 166 Å². The summed E-state index contributed by atoms with van der Waals surface area (Å²) < 4.78 is 35.5. The van der Waals surface area contributed by atoms with E-state index in [2.05, 4.69) is 5.10 Å². The van der Waals surface area contributed by atoms with Gasteiger partial charge in [-0.05, 0) is 43.3 Å². The summed E-state index contributed by atoms with van der Waals surface area (Å²) in [7, 11) is -3.82. The molecule has 0 aliphatic heterocycles. The minimum atomic E-state index is -3.82. The van der Waals surface area contributed by atoms with Crippen LogP contribution >= 0.6 is 0 Å². The summed E-state index contributed by atoms with van der Waals surface area (Å²) in [6.45, 7) is 1.93. The smallest absolute Gasteiger partial charge is 0.358 e. The Bertz CT molecular complexity index is 1270. The Balaban J connectivity index is 1.86. The fraction of sp³-hybridized carbons (Fsp3) is 0.100. The standard InChI is InChI=1S/C20H17N3O5S/c1-2-27-20(24)16-12-17(19-11-13-5-3-4-6-18(13)28-19)23(22-16)14-7-9-15(10-8-14)29(21,25)26/h3-12H,2H2,1H3,(H2,21,25,26). The second kappa shape index (κ2) is 7.19. The Morgan fingerprint density at radius 2 is 1.86 bits per heavy atom. The van der Waals surface area contributed by atoms with Gasteiger partial charge in [0.05, 0.1) is 17.2 Å². The van der Waals surface area contributed by atoms with Crippen molar-refractivity contribution >= 4 is 27.0 Å². The molecule has 2 heterocycles. The highest BCUT2D eigenvalue weighted by Gasteiger charge is 2.20. The normalized spacial score (nSPS) is 11.7. The first-order valence-corrected chi connectivity index (χ1v) is 10.3. The predicted octanol–water partition coefficient (Wildman–Crippen LogP) is 3.11. The van der Waals surface area contributed by atoms with Gasteiger partial charge in [-0.3, -0.25) is 0 Å². The number of aromatic nitrogens is 2. The first-order chi connectivity index (χ1) is 13.9. The Hall–Kier alpha value is -3.43. The van der Waals surface area contributed by atoms with Crippen LogP contribution in [0.3, 0.4) is 0 Å². The molecule has 4 rings (SSSR count). The van der Waals surface area contributed by atoms with Crippen molar-refractivity contribution in [3.05, 3.63) is 66.4 Å². The Morgan fingerprint density at radius 1 is 1.14 bits per heavy atom. The number of fused-ring (bicyclic) bond motifs is 1. The van der Waals surface area contributed by atoms with Crippen molar-refractivity contribution < 1.29 is 22.4 Å². The van der Waals surface area contributed by atoms with Crippen molar-refractivity contribution in [3.8, 4) is 17.1 Å². The van der Waals surface area contributed by atoms with E-state index in [4.69, 9.17) is 14.3 Å². The van der Waals surface area contributed by atoms with E-state index in [1.54, 1.807) is 25.1 Å². The molecule has 0 bridgehead atoms. The molecular formula is C20H17N3O5S. The molecule has 2 N–H and O–H groups in total. The molecule has 29 heavy (non-hydrogen) atoms. The summed E-state index contributed by atoms with van der Waals surface area (Å²) in [5.41, 5.74) is 1.85. The van der Waals surface area contributed by atoms with E-state index in [0.717, 1.165) is 5.39 Å². The minimum Gasteiger partial charge on any atom is -0.461 e. The fourth-order valence-electron chi connectivity index (χ4n) is 2.94. The number of primary sulfonamides is 1. The van der Waals surface area contributed by atoms with Crippen LogP contribution < -0.4 is 5.14 Å². The van der Waals surface area contributed by atoms with Crippen molar-refractivity contribution in [2.24, 2.45) is 5.14 Å². The molecule has 0 atom stereocenters. The number of hydrogen-bond donors (Lipinski definition) is 1. The quantitative estimate of drug-likeness (QED) is 0.504. The number of nitrogens with two attached hydrogens (primary N) is 1. The maximum Gasteiger partial charge on any atom is 0.358 e. The first kappa shape index (κ1) is 18.9. The van der Waals surface area contributed by atoms with Crippen LogP contribution in [-0.2, 0) is 14.8 Å². The molecule has 148 valence electrons. The van der Waals surface area contributed by atoms with E-state index in [9.17, 15) is 13.2 Å². The first-order valence-electron chi connectivity index (χ1n) is 8.76. The Morgan fingerprint density at radius 3 is 2.52 bits per heavy atom. The number of para-hydroxylation sites is 1. The van der Waals surface area contributed by atoms with Crippen LogP contribution in [0.2, 0.25) is 0 Å². The largest absolute Gasteiger partial charge is 0.461 e. The van der Waals surface area contributed by atoms with E-state index in [0.29, 0.717) is 22.7 Å². The van der Waals surface area contributed by atoms with Crippen LogP contribution in [0.25, 0.3) is 28.1 Å². The third-order valence-corrected chi connectivity index (χ3v) is 5.21. The lowest BCUT2D eigenvalue weighted by molar-refractivity contribution is 0.0519. The van der Waals surface area contributed by atoms with Crippen molar-refractivity contribution in [1.29, 1.82) is 0 Å². The van der Waals surface area contributed by atoms with E-state index in [1.807, 2.05) is 30.3 Å². The van der Waals surface area contributed by atoms with Gasteiger partial charge in [-0.2, -0.15) is 5.10 Å². The second-order valence-electron chi connectivity index (χ2n) is 6.23. The molecule has 0 fully saturated rings. The molecule has 8 nitrogen and oxygen atoms in total. The average molecular weight is 411 g/mol. The lowest BCUT2D eigenvalue weighted by atomic mass is 10.2. The number of benzene rings is 2. The fourth-order valence-corrected chi connectivity index (χ4v) is 3.46. The summed E-state index contributed by atoms with van der Waals surface area (Å²) in [5.74, 6) is -0.0606. The number of esters is 1. The Kier molecular flexibility index (Phi) is 4.69. The lowest BCUT2D eigenvalue weighted by Gasteiger charge is -2.06. The number of carbonyl (C=O) groups excluding carboxylic acids is 1. The molecule has 2 aromatic carbocycles. The zero-order valence-electron chi connectivity index (χ0n) is 15.4. The van der Waals surface area contributed by atoms with Crippen molar-refractivity contribution in [2.75, 3.05) is 6.61 Å². The molecule has 0 saturated carbocycles. The summed E-state index contributed by atoms with van der Waals surface area (Å²) in [6, 6.07) is 16.8. The van der Waals surface area contributed by atoms with E-state index >= 15 is 0 Å². The lowest BCUT2D eigenvalue weighted by Crippen LogP contribution is -2.12. The van der Waals surface area contributed by atoms with Gasteiger partial charge in [0.2, 0.25) is 10.0 Å². The number of nitrogens with zero attached hydrogens (tertiary/aromatic N) is 2. The van der Waals surface area contributed by atoms with Crippen molar-refractivity contribution in [2.45, 2.75) is 11.8 Å². The average Bonchev–Trinajstić information content (AvgIpc) is 3.32. The summed E-state index contributed by atoms with van der Waals surface area (Å²) >= 11 is 0. The molecule has 0 unspecified atom stereocenters. The van der Waals surface area contributed by atoms with Gasteiger partial charge in [0.25, 0.3) is 0 Å².